The predicted octanol–water partition coefficient (Wildman–Crippen LogP) is 2.19. The molecule has 0 bridgehead atoms. The monoisotopic (exact) mass is 286 g/mol. The second-order valence-electron chi connectivity index (χ2n) is 4.34. The van der Waals surface area contributed by atoms with E-state index in [4.69, 9.17) is 0 Å². The summed E-state index contributed by atoms with van der Waals surface area (Å²) in [4.78, 5) is 11.9. The van der Waals surface area contributed by atoms with Crippen molar-refractivity contribution in [3.63, 3.8) is 0 Å². The summed E-state index contributed by atoms with van der Waals surface area (Å²) in [6, 6.07) is 5.95. The van der Waals surface area contributed by atoms with Gasteiger partial charge in [0.1, 0.15) is 0 Å². The lowest BCUT2D eigenvalue weighted by atomic mass is 10.1. The van der Waals surface area contributed by atoms with Gasteiger partial charge in [-0.1, -0.05) is 13.0 Å². The first-order chi connectivity index (χ1) is 8.20. The number of hydrogen-bond acceptors (Lipinski definition) is 3. The molecule has 1 aromatic carbocycles. The van der Waals surface area contributed by atoms with E-state index >= 15 is 0 Å². The molecule has 0 saturated carbocycles. The zero-order chi connectivity index (χ0) is 12.3. The normalized spacial score (nSPS) is 14.6. The van der Waals surface area contributed by atoms with E-state index in [1.165, 1.54) is 11.1 Å². The van der Waals surface area contributed by atoms with E-state index in [0.29, 0.717) is 5.25 Å². The number of nitrogens with one attached hydrogen (secondary N) is 2. The largest absolute Gasteiger partial charge is 0.351 e. The van der Waals surface area contributed by atoms with Gasteiger partial charge in [-0.05, 0) is 29.5 Å². The van der Waals surface area contributed by atoms with E-state index in [1.54, 1.807) is 11.8 Å². The van der Waals surface area contributed by atoms with Crippen LogP contribution in [0.4, 0.5) is 0 Å². The minimum atomic E-state index is 0. The van der Waals surface area contributed by atoms with Crippen LogP contribution in [0.1, 0.15) is 28.4 Å². The van der Waals surface area contributed by atoms with Crippen molar-refractivity contribution in [2.75, 3.05) is 12.8 Å². The molecule has 0 aromatic heterocycles. The highest BCUT2D eigenvalue weighted by atomic mass is 35.5. The van der Waals surface area contributed by atoms with E-state index in [1.807, 2.05) is 18.2 Å². The standard InChI is InChI=1S/C13H18N2OS.ClH/c1-9(17-2)6-15-13(16)10-3-4-11-7-14-8-12(11)5-10;/h3-5,9,14H,6-8H2,1-2H3,(H,15,16);1H. The fourth-order valence-electron chi connectivity index (χ4n) is 1.86. The molecule has 2 N–H and O–H groups in total. The molecular formula is C13H19ClN2OS. The second kappa shape index (κ2) is 7.02. The Hall–Kier alpha value is -0.710. The summed E-state index contributed by atoms with van der Waals surface area (Å²) in [7, 11) is 0. The lowest BCUT2D eigenvalue weighted by Gasteiger charge is -2.10. The van der Waals surface area contributed by atoms with Crippen molar-refractivity contribution in [3.8, 4) is 0 Å². The maximum Gasteiger partial charge on any atom is 0.251 e. The Morgan fingerprint density at radius 1 is 1.44 bits per heavy atom. The van der Waals surface area contributed by atoms with Crippen molar-refractivity contribution >= 4 is 30.1 Å². The molecule has 1 aliphatic rings. The van der Waals surface area contributed by atoms with E-state index in [9.17, 15) is 4.79 Å². The van der Waals surface area contributed by atoms with Crippen LogP contribution < -0.4 is 10.6 Å². The van der Waals surface area contributed by atoms with Crippen molar-refractivity contribution < 1.29 is 4.79 Å². The molecule has 100 valence electrons. The summed E-state index contributed by atoms with van der Waals surface area (Å²) in [5.41, 5.74) is 3.32. The van der Waals surface area contributed by atoms with Crippen LogP contribution in [0.25, 0.3) is 0 Å². The van der Waals surface area contributed by atoms with Crippen LogP contribution in [-0.4, -0.2) is 24.0 Å². The third kappa shape index (κ3) is 3.64. The average Bonchev–Trinajstić information content (AvgIpc) is 2.82. The molecule has 0 aliphatic carbocycles. The van der Waals surface area contributed by atoms with Gasteiger partial charge in [-0.2, -0.15) is 11.8 Å². The molecule has 5 heteroatoms. The van der Waals surface area contributed by atoms with E-state index < -0.39 is 0 Å². The van der Waals surface area contributed by atoms with Crippen molar-refractivity contribution in [3.05, 3.63) is 34.9 Å². The highest BCUT2D eigenvalue weighted by molar-refractivity contribution is 7.99. The third-order valence-corrected chi connectivity index (χ3v) is 4.02. The van der Waals surface area contributed by atoms with Gasteiger partial charge in [0.25, 0.3) is 5.91 Å². The zero-order valence-corrected chi connectivity index (χ0v) is 12.3. The van der Waals surface area contributed by atoms with Gasteiger partial charge in [-0.25, -0.2) is 0 Å². The number of rotatable bonds is 4. The van der Waals surface area contributed by atoms with Crippen LogP contribution in [0.15, 0.2) is 18.2 Å². The van der Waals surface area contributed by atoms with Gasteiger partial charge in [0.15, 0.2) is 0 Å². The molecular weight excluding hydrogens is 268 g/mol. The van der Waals surface area contributed by atoms with Crippen LogP contribution >= 0.6 is 24.2 Å². The predicted molar refractivity (Wildman–Crippen MR) is 79.5 cm³/mol. The first kappa shape index (κ1) is 15.3. The Kier molecular flexibility index (Phi) is 5.99. The lowest BCUT2D eigenvalue weighted by molar-refractivity contribution is 0.0954. The van der Waals surface area contributed by atoms with Gasteiger partial charge >= 0.3 is 0 Å². The van der Waals surface area contributed by atoms with Crippen molar-refractivity contribution in [2.24, 2.45) is 0 Å². The second-order valence-corrected chi connectivity index (χ2v) is 5.62. The molecule has 0 spiro atoms. The fourth-order valence-corrected chi connectivity index (χ4v) is 2.11. The summed E-state index contributed by atoms with van der Waals surface area (Å²) in [6.45, 7) is 4.62. The van der Waals surface area contributed by atoms with Crippen LogP contribution in [0.5, 0.6) is 0 Å². The number of fused-ring (bicyclic) bond motifs is 1. The van der Waals surface area contributed by atoms with Crippen LogP contribution in [0, 0.1) is 0 Å². The number of amides is 1. The summed E-state index contributed by atoms with van der Waals surface area (Å²) >= 11 is 1.76. The summed E-state index contributed by atoms with van der Waals surface area (Å²) in [5.74, 6) is 0.0283. The molecule has 1 aliphatic heterocycles. The van der Waals surface area contributed by atoms with E-state index in [2.05, 4.69) is 23.8 Å². The Labute approximate surface area is 119 Å². The molecule has 1 amide bonds. The number of hydrogen-bond donors (Lipinski definition) is 2. The number of halogens is 1. The molecule has 0 radical (unpaired) electrons. The molecule has 1 heterocycles. The number of thioether (sulfide) groups is 1. The lowest BCUT2D eigenvalue weighted by Crippen LogP contribution is -2.29. The first-order valence-electron chi connectivity index (χ1n) is 5.84. The summed E-state index contributed by atoms with van der Waals surface area (Å²) in [6.07, 6.45) is 2.05. The van der Waals surface area contributed by atoms with E-state index in [-0.39, 0.29) is 18.3 Å². The Bertz CT molecular complexity index is 425. The quantitative estimate of drug-likeness (QED) is 0.891. The Morgan fingerprint density at radius 3 is 2.89 bits per heavy atom. The minimum Gasteiger partial charge on any atom is -0.351 e. The summed E-state index contributed by atoms with van der Waals surface area (Å²) < 4.78 is 0. The maximum atomic E-state index is 11.9. The van der Waals surface area contributed by atoms with Crippen molar-refractivity contribution in [1.29, 1.82) is 0 Å². The third-order valence-electron chi connectivity index (χ3n) is 3.05. The number of carbonyl (C=O) groups excluding carboxylic acids is 1. The smallest absolute Gasteiger partial charge is 0.251 e. The molecule has 18 heavy (non-hydrogen) atoms. The van der Waals surface area contributed by atoms with Crippen LogP contribution in [-0.2, 0) is 13.1 Å². The maximum absolute atomic E-state index is 11.9. The number of benzene rings is 1. The van der Waals surface area contributed by atoms with Gasteiger partial charge < -0.3 is 10.6 Å². The van der Waals surface area contributed by atoms with Gasteiger partial charge in [0.05, 0.1) is 0 Å². The Balaban J connectivity index is 0.00000162. The van der Waals surface area contributed by atoms with Crippen molar-refractivity contribution in [2.45, 2.75) is 25.3 Å². The fraction of sp³-hybridized carbons (Fsp3) is 0.462. The highest BCUT2D eigenvalue weighted by Gasteiger charge is 2.13. The van der Waals surface area contributed by atoms with Gasteiger partial charge in [0, 0.05) is 30.4 Å². The van der Waals surface area contributed by atoms with Crippen LogP contribution in [0.3, 0.4) is 0 Å². The van der Waals surface area contributed by atoms with E-state index in [0.717, 1.165) is 25.2 Å². The minimum absolute atomic E-state index is 0. The molecule has 1 atom stereocenters. The molecule has 3 nitrogen and oxygen atoms in total. The highest BCUT2D eigenvalue weighted by Crippen LogP contribution is 2.17. The molecule has 1 unspecified atom stereocenters. The summed E-state index contributed by atoms with van der Waals surface area (Å²) in [5, 5.41) is 6.69. The van der Waals surface area contributed by atoms with Crippen LogP contribution in [0.2, 0.25) is 0 Å². The van der Waals surface area contributed by atoms with Gasteiger partial charge in [-0.15, -0.1) is 12.4 Å². The average molecular weight is 287 g/mol. The zero-order valence-electron chi connectivity index (χ0n) is 10.7. The van der Waals surface area contributed by atoms with Gasteiger partial charge in [0.2, 0.25) is 0 Å². The van der Waals surface area contributed by atoms with Crippen molar-refractivity contribution in [1.82, 2.24) is 10.6 Å². The first-order valence-corrected chi connectivity index (χ1v) is 7.13. The topological polar surface area (TPSA) is 41.1 Å². The SMILES string of the molecule is CSC(C)CNC(=O)c1ccc2c(c1)CNC2.Cl. The molecule has 0 saturated heterocycles. The molecule has 1 aromatic rings. The Morgan fingerprint density at radius 2 is 2.17 bits per heavy atom. The number of carbonyl (C=O) groups is 1. The molecule has 0 fully saturated rings. The van der Waals surface area contributed by atoms with Gasteiger partial charge in [-0.3, -0.25) is 4.79 Å². The molecule has 2 rings (SSSR count).